The molecule has 0 saturated carbocycles. The van der Waals surface area contributed by atoms with Crippen LogP contribution in [-0.4, -0.2) is 19.1 Å². The van der Waals surface area contributed by atoms with Gasteiger partial charge in [0.1, 0.15) is 0 Å². The largest absolute Gasteiger partial charge is 0.490 e. The van der Waals surface area contributed by atoms with Crippen LogP contribution in [0, 0.1) is 13.8 Å². The van der Waals surface area contributed by atoms with Gasteiger partial charge in [0.2, 0.25) is 0 Å². The number of carbonyl (C=O) groups excluding carboxylic acids is 1. The zero-order valence-corrected chi connectivity index (χ0v) is 20.6. The lowest BCUT2D eigenvalue weighted by Gasteiger charge is -2.16. The van der Waals surface area contributed by atoms with E-state index in [1.807, 2.05) is 75.4 Å². The summed E-state index contributed by atoms with van der Waals surface area (Å²) in [5.74, 6) is 0.840. The Morgan fingerprint density at radius 3 is 2.34 bits per heavy atom. The first-order valence-corrected chi connectivity index (χ1v) is 11.5. The summed E-state index contributed by atoms with van der Waals surface area (Å²) in [6, 6.07) is 17.2. The van der Waals surface area contributed by atoms with Gasteiger partial charge in [0.25, 0.3) is 5.91 Å². The lowest BCUT2D eigenvalue weighted by Crippen LogP contribution is -2.20. The molecule has 0 fully saturated rings. The summed E-state index contributed by atoms with van der Waals surface area (Å²) in [4.78, 5) is 12.3. The molecule has 3 rings (SSSR count). The molecule has 0 aliphatic rings. The number of rotatable bonds is 9. The van der Waals surface area contributed by atoms with Crippen molar-refractivity contribution in [2.24, 2.45) is 0 Å². The summed E-state index contributed by atoms with van der Waals surface area (Å²) in [6.07, 6.45) is 0. The van der Waals surface area contributed by atoms with Crippen molar-refractivity contribution in [3.05, 3.63) is 80.8 Å². The Balaban J connectivity index is 1.66. The summed E-state index contributed by atoms with van der Waals surface area (Å²) < 4.78 is 12.4. The number of amides is 1. The summed E-state index contributed by atoms with van der Waals surface area (Å²) in [5, 5.41) is 6.91. The SMILES string of the molecule is CCOc1cc(CNc2ccc(C)c(Cl)c2)c(Br)cc1OCC(=O)Nc1ccc(C)cc1. The maximum Gasteiger partial charge on any atom is 0.262 e. The zero-order chi connectivity index (χ0) is 23.1. The maximum absolute atomic E-state index is 12.3. The van der Waals surface area contributed by atoms with Gasteiger partial charge in [0.05, 0.1) is 6.61 Å². The molecule has 5 nitrogen and oxygen atoms in total. The van der Waals surface area contributed by atoms with E-state index in [2.05, 4.69) is 26.6 Å². The lowest BCUT2D eigenvalue weighted by atomic mass is 10.2. The zero-order valence-electron chi connectivity index (χ0n) is 18.3. The highest BCUT2D eigenvalue weighted by Crippen LogP contribution is 2.34. The van der Waals surface area contributed by atoms with Crippen LogP contribution in [0.4, 0.5) is 11.4 Å². The molecule has 32 heavy (non-hydrogen) atoms. The van der Waals surface area contributed by atoms with Crippen LogP contribution in [0.15, 0.2) is 59.1 Å². The number of ether oxygens (including phenoxy) is 2. The van der Waals surface area contributed by atoms with Crippen LogP contribution >= 0.6 is 27.5 Å². The van der Waals surface area contributed by atoms with Gasteiger partial charge in [0, 0.05) is 27.4 Å². The summed E-state index contributed by atoms with van der Waals surface area (Å²) in [5.41, 5.74) is 4.81. The Hall–Kier alpha value is -2.70. The number of aryl methyl sites for hydroxylation is 2. The highest BCUT2D eigenvalue weighted by atomic mass is 79.9. The van der Waals surface area contributed by atoms with Gasteiger partial charge in [-0.25, -0.2) is 0 Å². The van der Waals surface area contributed by atoms with Crippen molar-refractivity contribution in [3.63, 3.8) is 0 Å². The van der Waals surface area contributed by atoms with Crippen LogP contribution in [0.25, 0.3) is 0 Å². The Morgan fingerprint density at radius 1 is 0.969 bits per heavy atom. The molecule has 2 N–H and O–H groups in total. The average molecular weight is 518 g/mol. The fourth-order valence-electron chi connectivity index (χ4n) is 2.97. The summed E-state index contributed by atoms with van der Waals surface area (Å²) in [6.45, 7) is 6.79. The third-order valence-electron chi connectivity index (χ3n) is 4.76. The quantitative estimate of drug-likeness (QED) is 0.330. The molecule has 0 aromatic heterocycles. The molecule has 0 saturated heterocycles. The predicted octanol–water partition coefficient (Wildman–Crippen LogP) is 6.75. The van der Waals surface area contributed by atoms with Gasteiger partial charge < -0.3 is 20.1 Å². The van der Waals surface area contributed by atoms with E-state index in [0.29, 0.717) is 24.7 Å². The van der Waals surface area contributed by atoms with Gasteiger partial charge in [-0.3, -0.25) is 4.79 Å². The number of benzene rings is 3. The molecule has 0 bridgehead atoms. The van der Waals surface area contributed by atoms with Gasteiger partial charge in [-0.1, -0.05) is 51.3 Å². The average Bonchev–Trinajstić information content (AvgIpc) is 2.77. The first kappa shape index (κ1) is 24.0. The second kappa shape index (κ2) is 11.2. The molecule has 0 radical (unpaired) electrons. The van der Waals surface area contributed by atoms with E-state index in [9.17, 15) is 4.79 Å². The van der Waals surface area contributed by atoms with E-state index in [-0.39, 0.29) is 12.5 Å². The number of anilines is 2. The van der Waals surface area contributed by atoms with Crippen molar-refractivity contribution in [2.75, 3.05) is 23.8 Å². The number of nitrogens with one attached hydrogen (secondary N) is 2. The highest BCUT2D eigenvalue weighted by molar-refractivity contribution is 9.10. The second-order valence-corrected chi connectivity index (χ2v) is 8.61. The van der Waals surface area contributed by atoms with Crippen LogP contribution < -0.4 is 20.1 Å². The smallest absolute Gasteiger partial charge is 0.262 e. The number of hydrogen-bond acceptors (Lipinski definition) is 4. The molecule has 3 aromatic rings. The maximum atomic E-state index is 12.3. The predicted molar refractivity (Wildman–Crippen MR) is 134 cm³/mol. The minimum atomic E-state index is -0.241. The number of carbonyl (C=O) groups is 1. The van der Waals surface area contributed by atoms with Crippen molar-refractivity contribution in [1.82, 2.24) is 0 Å². The monoisotopic (exact) mass is 516 g/mol. The summed E-state index contributed by atoms with van der Waals surface area (Å²) >= 11 is 9.81. The van der Waals surface area contributed by atoms with Crippen molar-refractivity contribution in [2.45, 2.75) is 27.3 Å². The van der Waals surface area contributed by atoms with Gasteiger partial charge in [-0.15, -0.1) is 0 Å². The summed E-state index contributed by atoms with van der Waals surface area (Å²) in [7, 11) is 0. The van der Waals surface area contributed by atoms with E-state index in [1.54, 1.807) is 0 Å². The van der Waals surface area contributed by atoms with E-state index in [1.165, 1.54) is 0 Å². The Labute approximate surface area is 202 Å². The highest BCUT2D eigenvalue weighted by Gasteiger charge is 2.13. The van der Waals surface area contributed by atoms with Gasteiger partial charge >= 0.3 is 0 Å². The fourth-order valence-corrected chi connectivity index (χ4v) is 3.61. The molecule has 0 atom stereocenters. The van der Waals surface area contributed by atoms with E-state index < -0.39 is 0 Å². The molecular weight excluding hydrogens is 492 g/mol. The Kier molecular flexibility index (Phi) is 8.42. The molecule has 0 heterocycles. The van der Waals surface area contributed by atoms with Crippen LogP contribution in [-0.2, 0) is 11.3 Å². The fraction of sp³-hybridized carbons (Fsp3) is 0.240. The Morgan fingerprint density at radius 2 is 1.66 bits per heavy atom. The second-order valence-electron chi connectivity index (χ2n) is 7.34. The Bertz CT molecular complexity index is 1090. The first-order chi connectivity index (χ1) is 15.4. The molecule has 0 aliphatic heterocycles. The number of hydrogen-bond donors (Lipinski definition) is 2. The van der Waals surface area contributed by atoms with Gasteiger partial charge in [-0.2, -0.15) is 0 Å². The topological polar surface area (TPSA) is 59.6 Å². The standard InChI is InChI=1S/C25H26BrClN2O3/c1-4-31-23-11-18(14-28-20-10-7-17(3)22(27)12-20)21(26)13-24(23)32-15-25(30)29-19-8-5-16(2)6-9-19/h5-13,28H,4,14-15H2,1-3H3,(H,29,30). The third kappa shape index (κ3) is 6.65. The minimum Gasteiger partial charge on any atom is -0.490 e. The van der Waals surface area contributed by atoms with Gasteiger partial charge in [0.15, 0.2) is 18.1 Å². The lowest BCUT2D eigenvalue weighted by molar-refractivity contribution is -0.118. The molecule has 0 unspecified atom stereocenters. The van der Waals surface area contributed by atoms with E-state index >= 15 is 0 Å². The molecule has 0 aliphatic carbocycles. The van der Waals surface area contributed by atoms with Crippen LogP contribution in [0.3, 0.4) is 0 Å². The van der Waals surface area contributed by atoms with Crippen molar-refractivity contribution in [1.29, 1.82) is 0 Å². The first-order valence-electron chi connectivity index (χ1n) is 10.3. The number of halogens is 2. The van der Waals surface area contributed by atoms with Crippen molar-refractivity contribution in [3.8, 4) is 11.5 Å². The van der Waals surface area contributed by atoms with Crippen LogP contribution in [0.5, 0.6) is 11.5 Å². The van der Waals surface area contributed by atoms with E-state index in [4.69, 9.17) is 21.1 Å². The normalized spacial score (nSPS) is 10.5. The van der Waals surface area contributed by atoms with Crippen molar-refractivity contribution < 1.29 is 14.3 Å². The molecule has 168 valence electrons. The molecule has 7 heteroatoms. The minimum absolute atomic E-state index is 0.125. The van der Waals surface area contributed by atoms with Crippen LogP contribution in [0.2, 0.25) is 5.02 Å². The molecule has 1 amide bonds. The third-order valence-corrected chi connectivity index (χ3v) is 5.91. The van der Waals surface area contributed by atoms with Crippen LogP contribution in [0.1, 0.15) is 23.6 Å². The van der Waals surface area contributed by atoms with Crippen molar-refractivity contribution >= 4 is 44.8 Å². The van der Waals surface area contributed by atoms with Gasteiger partial charge in [-0.05, 0) is 68.3 Å². The van der Waals surface area contributed by atoms with E-state index in [0.717, 1.165) is 37.6 Å². The molecule has 0 spiro atoms. The molecule has 3 aromatic carbocycles. The molecular formula is C25H26BrClN2O3.